The fourth-order valence-electron chi connectivity index (χ4n) is 3.75. The fourth-order valence-corrected chi connectivity index (χ4v) is 3.75. The first-order valence-electron chi connectivity index (χ1n) is 11.0. The van der Waals surface area contributed by atoms with Gasteiger partial charge in [0.25, 0.3) is 0 Å². The molecule has 176 valence electrons. The van der Waals surface area contributed by atoms with E-state index in [-0.39, 0.29) is 18.9 Å². The molecule has 7 nitrogen and oxygen atoms in total. The molecule has 0 saturated carbocycles. The molecular formula is C27H27NO6. The van der Waals surface area contributed by atoms with E-state index >= 15 is 0 Å². The van der Waals surface area contributed by atoms with Crippen molar-refractivity contribution in [1.29, 1.82) is 0 Å². The first-order valence-corrected chi connectivity index (χ1v) is 11.0. The largest absolute Gasteiger partial charge is 0.492 e. The number of hydrogen-bond acceptors (Lipinski definition) is 6. The Balaban J connectivity index is 1.31. The van der Waals surface area contributed by atoms with Crippen LogP contribution < -0.4 is 14.2 Å². The normalized spacial score (nSPS) is 14.8. The zero-order chi connectivity index (χ0) is 23.9. The fraction of sp³-hybridized carbons (Fsp3) is 0.259. The van der Waals surface area contributed by atoms with Crippen molar-refractivity contribution >= 4 is 11.7 Å². The molecule has 1 atom stereocenters. The van der Waals surface area contributed by atoms with Crippen LogP contribution in [0.3, 0.4) is 0 Å². The van der Waals surface area contributed by atoms with Crippen molar-refractivity contribution in [2.75, 3.05) is 20.3 Å². The number of nitrogens with zero attached hydrogens (tertiary/aromatic N) is 1. The summed E-state index contributed by atoms with van der Waals surface area (Å²) in [5.41, 5.74) is 4.73. The van der Waals surface area contributed by atoms with Gasteiger partial charge in [0.15, 0.2) is 0 Å². The van der Waals surface area contributed by atoms with Crippen molar-refractivity contribution in [2.24, 2.45) is 5.16 Å². The lowest BCUT2D eigenvalue weighted by molar-refractivity contribution is -0.137. The molecular weight excluding hydrogens is 434 g/mol. The number of carbonyl (C=O) groups is 1. The van der Waals surface area contributed by atoms with Gasteiger partial charge in [-0.3, -0.25) is 4.79 Å². The van der Waals surface area contributed by atoms with Crippen LogP contribution in [0.5, 0.6) is 17.2 Å². The molecule has 0 saturated heterocycles. The topological polar surface area (TPSA) is 86.6 Å². The first kappa shape index (κ1) is 23.2. The summed E-state index contributed by atoms with van der Waals surface area (Å²) in [5, 5.41) is 13.1. The van der Waals surface area contributed by atoms with Gasteiger partial charge in [-0.05, 0) is 30.7 Å². The molecule has 1 aliphatic rings. The van der Waals surface area contributed by atoms with Crippen LogP contribution in [0.1, 0.15) is 34.6 Å². The van der Waals surface area contributed by atoms with Crippen LogP contribution in [0.15, 0.2) is 71.9 Å². The summed E-state index contributed by atoms with van der Waals surface area (Å²) in [5.74, 6) is 1.14. The summed E-state index contributed by atoms with van der Waals surface area (Å²) in [7, 11) is 1.52. The second-order valence-electron chi connectivity index (χ2n) is 8.11. The van der Waals surface area contributed by atoms with E-state index in [0.717, 1.165) is 22.4 Å². The number of aliphatic carboxylic acids is 1. The van der Waals surface area contributed by atoms with Crippen molar-refractivity contribution in [3.8, 4) is 17.2 Å². The molecule has 0 spiro atoms. The van der Waals surface area contributed by atoms with Crippen LogP contribution in [-0.2, 0) is 16.2 Å². The summed E-state index contributed by atoms with van der Waals surface area (Å²) in [4.78, 5) is 16.0. The number of carboxylic acids is 1. The van der Waals surface area contributed by atoms with Crippen LogP contribution in [-0.4, -0.2) is 37.1 Å². The zero-order valence-corrected chi connectivity index (χ0v) is 19.2. The van der Waals surface area contributed by atoms with E-state index in [1.807, 2.05) is 73.7 Å². The molecule has 1 aliphatic heterocycles. The average Bonchev–Trinajstić information content (AvgIpc) is 3.23. The SMILES string of the molecule is CON=C(COc1ccc(COc2ccc3c(c2)OCC3CC(=O)O)cc1)c1ccc(C)cc1. The van der Waals surface area contributed by atoms with E-state index in [9.17, 15) is 4.79 Å². The average molecular weight is 462 g/mol. The summed E-state index contributed by atoms with van der Waals surface area (Å²) in [6.07, 6.45) is 0.0610. The molecule has 1 heterocycles. The molecule has 1 unspecified atom stereocenters. The molecule has 0 fully saturated rings. The third-order valence-corrected chi connectivity index (χ3v) is 5.58. The van der Waals surface area contributed by atoms with Gasteiger partial charge in [-0.25, -0.2) is 0 Å². The third-order valence-electron chi connectivity index (χ3n) is 5.58. The minimum Gasteiger partial charge on any atom is -0.492 e. The smallest absolute Gasteiger partial charge is 0.304 e. The monoisotopic (exact) mass is 461 g/mol. The molecule has 34 heavy (non-hydrogen) atoms. The first-order chi connectivity index (χ1) is 16.5. The van der Waals surface area contributed by atoms with Crippen LogP contribution in [0.4, 0.5) is 0 Å². The highest BCUT2D eigenvalue weighted by molar-refractivity contribution is 6.01. The van der Waals surface area contributed by atoms with E-state index in [4.69, 9.17) is 24.2 Å². The standard InChI is InChI=1S/C27H27NO6/c1-18-3-7-20(8-4-18)25(28-31-2)17-33-22-9-5-19(6-10-22)15-32-23-11-12-24-21(13-27(29)30)16-34-26(24)14-23/h3-12,14,21H,13,15-17H2,1-2H3,(H,29,30). The number of fused-ring (bicyclic) bond motifs is 1. The van der Waals surface area contributed by atoms with E-state index in [0.29, 0.717) is 30.4 Å². The van der Waals surface area contributed by atoms with E-state index in [1.54, 1.807) is 0 Å². The van der Waals surface area contributed by atoms with Gasteiger partial charge in [0.2, 0.25) is 0 Å². The minimum atomic E-state index is -0.827. The van der Waals surface area contributed by atoms with E-state index < -0.39 is 5.97 Å². The van der Waals surface area contributed by atoms with Gasteiger partial charge in [0, 0.05) is 23.1 Å². The van der Waals surface area contributed by atoms with Crippen LogP contribution in [0, 0.1) is 6.92 Å². The third kappa shape index (κ3) is 5.86. The molecule has 0 amide bonds. The minimum absolute atomic E-state index is 0.0610. The second kappa shape index (κ2) is 10.7. The van der Waals surface area contributed by atoms with Crippen molar-refractivity contribution in [3.63, 3.8) is 0 Å². The predicted molar refractivity (Wildman–Crippen MR) is 128 cm³/mol. The molecule has 4 rings (SSSR count). The Morgan fingerprint density at radius 1 is 1.03 bits per heavy atom. The molecule has 1 N–H and O–H groups in total. The highest BCUT2D eigenvalue weighted by Crippen LogP contribution is 2.38. The van der Waals surface area contributed by atoms with Crippen LogP contribution >= 0.6 is 0 Å². The van der Waals surface area contributed by atoms with Crippen LogP contribution in [0.25, 0.3) is 0 Å². The molecule has 0 radical (unpaired) electrons. The molecule has 3 aromatic carbocycles. The van der Waals surface area contributed by atoms with Gasteiger partial charge >= 0.3 is 5.97 Å². The maximum atomic E-state index is 11.0. The van der Waals surface area contributed by atoms with Gasteiger partial charge in [-0.2, -0.15) is 0 Å². The summed E-state index contributed by atoms with van der Waals surface area (Å²) in [6.45, 7) is 3.09. The zero-order valence-electron chi connectivity index (χ0n) is 19.2. The Kier molecular flexibility index (Phi) is 7.32. The summed E-state index contributed by atoms with van der Waals surface area (Å²) in [6, 6.07) is 21.3. The van der Waals surface area contributed by atoms with Gasteiger partial charge in [-0.15, -0.1) is 0 Å². The Morgan fingerprint density at radius 3 is 2.47 bits per heavy atom. The lowest BCUT2D eigenvalue weighted by Crippen LogP contribution is -2.13. The molecule has 0 bridgehead atoms. The number of aryl methyl sites for hydroxylation is 1. The number of oxime groups is 1. The number of benzene rings is 3. The maximum Gasteiger partial charge on any atom is 0.304 e. The van der Waals surface area contributed by atoms with Crippen molar-refractivity contribution < 1.29 is 28.9 Å². The van der Waals surface area contributed by atoms with E-state index in [2.05, 4.69) is 5.16 Å². The lowest BCUT2D eigenvalue weighted by atomic mass is 9.98. The van der Waals surface area contributed by atoms with Gasteiger partial charge in [0.05, 0.1) is 13.0 Å². The quantitative estimate of drug-likeness (QED) is 0.339. The summed E-state index contributed by atoms with van der Waals surface area (Å²) < 4.78 is 17.4. The number of hydrogen-bond donors (Lipinski definition) is 1. The number of rotatable bonds is 10. The Morgan fingerprint density at radius 2 is 1.76 bits per heavy atom. The molecule has 7 heteroatoms. The van der Waals surface area contributed by atoms with E-state index in [1.165, 1.54) is 12.7 Å². The lowest BCUT2D eigenvalue weighted by Gasteiger charge is -2.11. The summed E-state index contributed by atoms with van der Waals surface area (Å²) >= 11 is 0. The highest BCUT2D eigenvalue weighted by Gasteiger charge is 2.26. The number of ether oxygens (including phenoxy) is 3. The van der Waals surface area contributed by atoms with Gasteiger partial charge < -0.3 is 24.2 Å². The Labute approximate surface area is 198 Å². The molecule has 0 aliphatic carbocycles. The highest BCUT2D eigenvalue weighted by atomic mass is 16.6. The molecule has 3 aromatic rings. The van der Waals surface area contributed by atoms with Crippen molar-refractivity contribution in [3.05, 3.63) is 89.0 Å². The number of carboxylic acid groups (broad SMARTS) is 1. The van der Waals surface area contributed by atoms with Crippen molar-refractivity contribution in [2.45, 2.75) is 25.9 Å². The Hall–Kier alpha value is -4.00. The van der Waals surface area contributed by atoms with Crippen molar-refractivity contribution in [1.82, 2.24) is 0 Å². The Bertz CT molecular complexity index is 1150. The maximum absolute atomic E-state index is 11.0. The van der Waals surface area contributed by atoms with Crippen LogP contribution in [0.2, 0.25) is 0 Å². The van der Waals surface area contributed by atoms with Gasteiger partial charge in [-0.1, -0.05) is 53.2 Å². The second-order valence-corrected chi connectivity index (χ2v) is 8.11. The predicted octanol–water partition coefficient (Wildman–Crippen LogP) is 4.95. The molecule has 0 aromatic heterocycles. The van der Waals surface area contributed by atoms with Gasteiger partial charge in [0.1, 0.15) is 43.3 Å².